The fourth-order valence-corrected chi connectivity index (χ4v) is 3.59. The summed E-state index contributed by atoms with van der Waals surface area (Å²) in [5, 5.41) is 8.40. The van der Waals surface area contributed by atoms with Crippen molar-refractivity contribution in [1.82, 2.24) is 14.8 Å². The van der Waals surface area contributed by atoms with E-state index in [1.807, 2.05) is 35.8 Å². The third-order valence-corrected chi connectivity index (χ3v) is 5.07. The first-order chi connectivity index (χ1) is 11.7. The van der Waals surface area contributed by atoms with E-state index in [0.29, 0.717) is 19.0 Å². The molecule has 144 valence electrons. The lowest BCUT2D eigenvalue weighted by molar-refractivity contribution is 0.461. The first-order valence-corrected chi connectivity index (χ1v) is 9.89. The maximum Gasteiger partial charge on any atom is 0.238 e. The zero-order valence-electron chi connectivity index (χ0n) is 14.8. The summed E-state index contributed by atoms with van der Waals surface area (Å²) >= 11 is 3.47. The van der Waals surface area contributed by atoms with Gasteiger partial charge in [-0.2, -0.15) is 0 Å². The van der Waals surface area contributed by atoms with Crippen LogP contribution in [0.1, 0.15) is 11.3 Å². The van der Waals surface area contributed by atoms with E-state index in [1.54, 1.807) is 19.2 Å². The van der Waals surface area contributed by atoms with Crippen LogP contribution in [0, 0.1) is 0 Å². The molecule has 0 aliphatic rings. The Kier molecular flexibility index (Phi) is 8.57. The molecule has 7 nitrogen and oxygen atoms in total. The second kappa shape index (κ2) is 9.72. The van der Waals surface area contributed by atoms with Crippen molar-refractivity contribution in [2.45, 2.75) is 18.0 Å². The molecular formula is C16H23BrIN5O2S. The van der Waals surface area contributed by atoms with Gasteiger partial charge in [0.25, 0.3) is 0 Å². The summed E-state index contributed by atoms with van der Waals surface area (Å²) in [6.07, 6.45) is 2.00. The molecule has 0 aliphatic carbocycles. The van der Waals surface area contributed by atoms with Crippen LogP contribution < -0.4 is 10.5 Å². The summed E-state index contributed by atoms with van der Waals surface area (Å²) in [5.41, 5.74) is 1.94. The molecule has 26 heavy (non-hydrogen) atoms. The van der Waals surface area contributed by atoms with E-state index in [9.17, 15) is 8.42 Å². The number of nitrogens with zero attached hydrogens (tertiary/aromatic N) is 3. The molecule has 0 radical (unpaired) electrons. The van der Waals surface area contributed by atoms with Crippen molar-refractivity contribution >= 4 is 55.9 Å². The molecule has 0 spiro atoms. The van der Waals surface area contributed by atoms with Crippen LogP contribution in [0.15, 0.2) is 50.9 Å². The maximum absolute atomic E-state index is 11.4. The van der Waals surface area contributed by atoms with Gasteiger partial charge in [-0.15, -0.1) is 24.0 Å². The minimum atomic E-state index is -3.70. The van der Waals surface area contributed by atoms with Gasteiger partial charge < -0.3 is 14.8 Å². The summed E-state index contributed by atoms with van der Waals surface area (Å²) in [7, 11) is 1.93. The van der Waals surface area contributed by atoms with Crippen molar-refractivity contribution in [3.63, 3.8) is 0 Å². The van der Waals surface area contributed by atoms with Gasteiger partial charge in [-0.25, -0.2) is 13.6 Å². The van der Waals surface area contributed by atoms with Gasteiger partial charge in [0.1, 0.15) is 0 Å². The molecule has 0 saturated carbocycles. The van der Waals surface area contributed by atoms with Crippen molar-refractivity contribution < 1.29 is 8.42 Å². The van der Waals surface area contributed by atoms with Gasteiger partial charge >= 0.3 is 0 Å². The average Bonchev–Trinajstić information content (AvgIpc) is 2.85. The second-order valence-corrected chi connectivity index (χ2v) is 8.19. The number of aliphatic imine (C=N–C) groups is 1. The van der Waals surface area contributed by atoms with Crippen molar-refractivity contribution in [3.8, 4) is 0 Å². The molecule has 10 heteroatoms. The highest BCUT2D eigenvalue weighted by Gasteiger charge is 2.11. The molecule has 0 bridgehead atoms. The van der Waals surface area contributed by atoms with E-state index in [1.165, 1.54) is 6.07 Å². The molecule has 0 amide bonds. The Morgan fingerprint density at radius 1 is 1.38 bits per heavy atom. The standard InChI is InChI=1S/C16H22BrN5O2S.HI/c1-19-16(22(3)11-14-8-13(17)10-21(14)2)20-9-12-5-4-6-15(7-12)25(18,23)24;/h4-8,10H,9,11H2,1-3H3,(H,19,20)(H2,18,23,24);1H. The second-order valence-electron chi connectivity index (χ2n) is 5.71. The van der Waals surface area contributed by atoms with Crippen LogP contribution in [0.4, 0.5) is 0 Å². The zero-order chi connectivity index (χ0) is 18.6. The van der Waals surface area contributed by atoms with E-state index in [4.69, 9.17) is 5.14 Å². The lowest BCUT2D eigenvalue weighted by Gasteiger charge is -2.22. The van der Waals surface area contributed by atoms with Crippen LogP contribution in [-0.4, -0.2) is 37.9 Å². The molecule has 0 atom stereocenters. The van der Waals surface area contributed by atoms with Crippen LogP contribution in [-0.2, 0) is 30.2 Å². The number of halogens is 2. The molecule has 1 aromatic heterocycles. The van der Waals surface area contributed by atoms with E-state index < -0.39 is 10.0 Å². The largest absolute Gasteiger partial charge is 0.352 e. The molecule has 2 aromatic rings. The molecule has 1 heterocycles. The van der Waals surface area contributed by atoms with Gasteiger partial charge in [-0.3, -0.25) is 4.99 Å². The van der Waals surface area contributed by atoms with Crippen molar-refractivity contribution in [3.05, 3.63) is 52.3 Å². The van der Waals surface area contributed by atoms with E-state index >= 15 is 0 Å². The summed E-state index contributed by atoms with van der Waals surface area (Å²) in [6, 6.07) is 8.60. The zero-order valence-corrected chi connectivity index (χ0v) is 19.5. The van der Waals surface area contributed by atoms with Gasteiger partial charge in [0.2, 0.25) is 10.0 Å². The van der Waals surface area contributed by atoms with Gasteiger partial charge in [0, 0.05) is 44.1 Å². The Balaban J connectivity index is 0.00000338. The summed E-state index contributed by atoms with van der Waals surface area (Å²) in [6.45, 7) is 1.12. The molecule has 0 saturated heterocycles. The Morgan fingerprint density at radius 3 is 2.62 bits per heavy atom. The SMILES string of the molecule is CN=C(NCc1cccc(S(N)(=O)=O)c1)N(C)Cc1cc(Br)cn1C.I. The Labute approximate surface area is 179 Å². The predicted molar refractivity (Wildman–Crippen MR) is 118 cm³/mol. The number of hydrogen-bond acceptors (Lipinski definition) is 3. The fourth-order valence-electron chi connectivity index (χ4n) is 2.44. The third-order valence-electron chi connectivity index (χ3n) is 3.72. The minimum absolute atomic E-state index is 0. The Bertz CT molecular complexity index is 883. The van der Waals surface area contributed by atoms with Crippen LogP contribution in [0.5, 0.6) is 0 Å². The minimum Gasteiger partial charge on any atom is -0.352 e. The number of nitrogens with one attached hydrogen (secondary N) is 1. The topological polar surface area (TPSA) is 92.7 Å². The molecule has 2 rings (SSSR count). The normalized spacial score (nSPS) is 11.8. The van der Waals surface area contributed by atoms with Gasteiger partial charge in [0.15, 0.2) is 5.96 Å². The summed E-state index contributed by atoms with van der Waals surface area (Å²) < 4.78 is 26.0. The quantitative estimate of drug-likeness (QED) is 0.336. The molecule has 0 fully saturated rings. The molecule has 1 aromatic carbocycles. The monoisotopic (exact) mass is 555 g/mol. The number of primary sulfonamides is 1. The van der Waals surface area contributed by atoms with Crippen molar-refractivity contribution in [2.24, 2.45) is 17.2 Å². The number of rotatable bonds is 5. The van der Waals surface area contributed by atoms with Crippen LogP contribution in [0.25, 0.3) is 0 Å². The van der Waals surface area contributed by atoms with Gasteiger partial charge in [0.05, 0.1) is 11.4 Å². The van der Waals surface area contributed by atoms with Gasteiger partial charge in [-0.1, -0.05) is 12.1 Å². The first-order valence-electron chi connectivity index (χ1n) is 7.55. The third kappa shape index (κ3) is 6.25. The smallest absolute Gasteiger partial charge is 0.238 e. The lowest BCUT2D eigenvalue weighted by Crippen LogP contribution is -2.38. The first kappa shape index (κ1) is 22.9. The van der Waals surface area contributed by atoms with Crippen molar-refractivity contribution in [1.29, 1.82) is 0 Å². The number of sulfonamides is 1. The summed E-state index contributed by atoms with van der Waals surface area (Å²) in [5.74, 6) is 0.707. The molecule has 0 unspecified atom stereocenters. The number of hydrogen-bond donors (Lipinski definition) is 2. The fraction of sp³-hybridized carbons (Fsp3) is 0.312. The van der Waals surface area contributed by atoms with Crippen LogP contribution in [0.2, 0.25) is 0 Å². The lowest BCUT2D eigenvalue weighted by atomic mass is 10.2. The highest BCUT2D eigenvalue weighted by Crippen LogP contribution is 2.15. The predicted octanol–water partition coefficient (Wildman–Crippen LogP) is 2.26. The molecule has 3 N–H and O–H groups in total. The van der Waals surface area contributed by atoms with Crippen LogP contribution in [0.3, 0.4) is 0 Å². The highest BCUT2D eigenvalue weighted by molar-refractivity contribution is 14.0. The summed E-state index contributed by atoms with van der Waals surface area (Å²) in [4.78, 5) is 6.37. The number of nitrogens with two attached hydrogens (primary N) is 1. The number of guanidine groups is 1. The molecule has 0 aliphatic heterocycles. The van der Waals surface area contributed by atoms with Crippen molar-refractivity contribution in [2.75, 3.05) is 14.1 Å². The van der Waals surface area contributed by atoms with Crippen LogP contribution >= 0.6 is 39.9 Å². The Hall–Kier alpha value is -1.11. The van der Waals surface area contributed by atoms with E-state index in [-0.39, 0.29) is 28.9 Å². The average molecular weight is 556 g/mol. The maximum atomic E-state index is 11.4. The Morgan fingerprint density at radius 2 is 2.08 bits per heavy atom. The number of aromatic nitrogens is 1. The van der Waals surface area contributed by atoms with E-state index in [0.717, 1.165) is 15.7 Å². The number of benzene rings is 1. The molecular weight excluding hydrogens is 533 g/mol. The highest BCUT2D eigenvalue weighted by atomic mass is 127. The van der Waals surface area contributed by atoms with Gasteiger partial charge in [-0.05, 0) is 39.7 Å². The number of aryl methyl sites for hydroxylation is 1. The van der Waals surface area contributed by atoms with E-state index in [2.05, 4.69) is 32.3 Å².